The van der Waals surface area contributed by atoms with E-state index in [0.717, 1.165) is 41.8 Å². The Morgan fingerprint density at radius 1 is 1.19 bits per heavy atom. The molecule has 8 heteroatoms. The van der Waals surface area contributed by atoms with Crippen LogP contribution in [0.5, 0.6) is 10.9 Å². The maximum Gasteiger partial charge on any atom is 0.312 e. The number of hydrogen-bond donors (Lipinski definition) is 2. The summed E-state index contributed by atoms with van der Waals surface area (Å²) in [5, 5.41) is 4.20. The van der Waals surface area contributed by atoms with Gasteiger partial charge in [-0.2, -0.15) is 0 Å². The van der Waals surface area contributed by atoms with E-state index >= 15 is 0 Å². The number of rotatable bonds is 6. The van der Waals surface area contributed by atoms with E-state index in [-0.39, 0.29) is 6.04 Å². The molecule has 3 aromatic rings. The Labute approximate surface area is 190 Å². The number of urea groups is 1. The minimum Gasteiger partial charge on any atom is -0.431 e. The lowest BCUT2D eigenvalue weighted by atomic mass is 9.96. The quantitative estimate of drug-likeness (QED) is 0.550. The fraction of sp³-hybridized carbons (Fsp3) is 0.391. The molecule has 3 heterocycles. The first-order valence-corrected chi connectivity index (χ1v) is 11.9. The van der Waals surface area contributed by atoms with Gasteiger partial charge in [-0.25, -0.2) is 9.78 Å². The predicted molar refractivity (Wildman–Crippen MR) is 124 cm³/mol. The van der Waals surface area contributed by atoms with Crippen LogP contribution >= 0.6 is 22.9 Å². The van der Waals surface area contributed by atoms with E-state index in [2.05, 4.69) is 27.3 Å². The molecular weight excluding hydrogens is 432 g/mol. The van der Waals surface area contributed by atoms with Crippen LogP contribution in [0.1, 0.15) is 31.2 Å². The molecule has 31 heavy (non-hydrogen) atoms. The van der Waals surface area contributed by atoms with Crippen molar-refractivity contribution in [1.29, 1.82) is 0 Å². The second kappa shape index (κ2) is 8.65. The third-order valence-corrected chi connectivity index (χ3v) is 7.50. The largest absolute Gasteiger partial charge is 0.431 e. The maximum absolute atomic E-state index is 11.2. The second-order valence-electron chi connectivity index (χ2n) is 8.39. The smallest absolute Gasteiger partial charge is 0.312 e. The molecule has 0 unspecified atom stereocenters. The highest BCUT2D eigenvalue weighted by molar-refractivity contribution is 7.20. The summed E-state index contributed by atoms with van der Waals surface area (Å²) in [5.41, 5.74) is 7.45. The minimum atomic E-state index is -0.408. The van der Waals surface area contributed by atoms with E-state index in [1.54, 1.807) is 0 Å². The van der Waals surface area contributed by atoms with Gasteiger partial charge < -0.3 is 15.8 Å². The van der Waals surface area contributed by atoms with Crippen LogP contribution in [0.25, 0.3) is 10.2 Å². The van der Waals surface area contributed by atoms with E-state index in [0.29, 0.717) is 22.3 Å². The van der Waals surface area contributed by atoms with Crippen molar-refractivity contribution in [2.24, 2.45) is 5.73 Å². The number of fused-ring (bicyclic) bond motifs is 3. The van der Waals surface area contributed by atoms with Crippen molar-refractivity contribution >= 4 is 39.2 Å². The number of ether oxygens (including phenoxy) is 1. The molecule has 0 saturated carbocycles. The van der Waals surface area contributed by atoms with Crippen LogP contribution in [0.3, 0.4) is 0 Å². The minimum absolute atomic E-state index is 0.223. The molecule has 3 atom stereocenters. The topological polar surface area (TPSA) is 80.5 Å². The third kappa shape index (κ3) is 4.63. The van der Waals surface area contributed by atoms with Gasteiger partial charge in [0.1, 0.15) is 5.75 Å². The van der Waals surface area contributed by atoms with Gasteiger partial charge in [-0.05, 0) is 68.0 Å². The first-order valence-electron chi connectivity index (χ1n) is 10.7. The number of carbonyl (C=O) groups is 1. The van der Waals surface area contributed by atoms with E-state index in [1.165, 1.54) is 29.7 Å². The van der Waals surface area contributed by atoms with Crippen LogP contribution < -0.4 is 15.8 Å². The molecule has 2 amide bonds. The van der Waals surface area contributed by atoms with Crippen LogP contribution in [0, 0.1) is 0 Å². The normalized spacial score (nSPS) is 23.2. The fourth-order valence-corrected chi connectivity index (χ4v) is 5.95. The Morgan fingerprint density at radius 3 is 2.65 bits per heavy atom. The van der Waals surface area contributed by atoms with Gasteiger partial charge in [0.25, 0.3) is 5.19 Å². The van der Waals surface area contributed by atoms with E-state index in [4.69, 9.17) is 22.1 Å². The Bertz CT molecular complexity index is 1070. The monoisotopic (exact) mass is 456 g/mol. The van der Waals surface area contributed by atoms with Gasteiger partial charge in [0.05, 0.1) is 10.2 Å². The van der Waals surface area contributed by atoms with Crippen molar-refractivity contribution in [1.82, 2.24) is 15.2 Å². The van der Waals surface area contributed by atoms with Gasteiger partial charge in [0, 0.05) is 29.7 Å². The number of thiazole rings is 1. The molecule has 2 fully saturated rings. The molecule has 2 aliphatic heterocycles. The lowest BCUT2D eigenvalue weighted by Gasteiger charge is -2.39. The summed E-state index contributed by atoms with van der Waals surface area (Å²) < 4.78 is 7.01. The number of hydrogen-bond acceptors (Lipinski definition) is 5. The number of halogens is 1. The summed E-state index contributed by atoms with van der Waals surface area (Å²) in [6, 6.07) is 14.9. The predicted octanol–water partition coefficient (Wildman–Crippen LogP) is 4.95. The molecule has 2 aromatic carbocycles. The second-order valence-corrected chi connectivity index (χ2v) is 9.82. The number of carbonyl (C=O) groups excluding carboxylic acids is 1. The lowest BCUT2D eigenvalue weighted by Crippen LogP contribution is -2.51. The summed E-state index contributed by atoms with van der Waals surface area (Å²) in [6.45, 7) is 1.04. The molecule has 6 nitrogen and oxygen atoms in total. The zero-order chi connectivity index (χ0) is 21.4. The number of aromatic nitrogens is 1. The summed E-state index contributed by atoms with van der Waals surface area (Å²) in [5.74, 6) is 0.785. The zero-order valence-corrected chi connectivity index (χ0v) is 18.7. The number of amides is 2. The van der Waals surface area contributed by atoms with E-state index < -0.39 is 6.03 Å². The summed E-state index contributed by atoms with van der Waals surface area (Å²) in [4.78, 5) is 18.3. The Hall–Kier alpha value is -2.35. The van der Waals surface area contributed by atoms with Crippen molar-refractivity contribution in [2.45, 2.75) is 50.2 Å². The molecule has 3 N–H and O–H groups in total. The molecule has 2 saturated heterocycles. The maximum atomic E-state index is 11.2. The summed E-state index contributed by atoms with van der Waals surface area (Å²) >= 11 is 7.55. The fourth-order valence-electron chi connectivity index (χ4n) is 4.96. The van der Waals surface area contributed by atoms with Crippen molar-refractivity contribution in [3.8, 4) is 10.9 Å². The number of nitrogens with two attached hydrogens (primary N) is 1. The highest BCUT2D eigenvalue weighted by Crippen LogP contribution is 2.36. The van der Waals surface area contributed by atoms with Crippen molar-refractivity contribution in [3.05, 3.63) is 53.1 Å². The van der Waals surface area contributed by atoms with Gasteiger partial charge in [-0.15, -0.1) is 0 Å². The molecule has 5 rings (SSSR count). The van der Waals surface area contributed by atoms with Crippen LogP contribution in [0.15, 0.2) is 42.5 Å². The van der Waals surface area contributed by atoms with Gasteiger partial charge in [0.2, 0.25) is 0 Å². The number of nitrogens with zero attached hydrogens (tertiary/aromatic N) is 2. The first kappa shape index (κ1) is 20.5. The summed E-state index contributed by atoms with van der Waals surface area (Å²) in [7, 11) is 0. The highest BCUT2D eigenvalue weighted by atomic mass is 35.5. The molecule has 162 valence electrons. The molecule has 0 spiro atoms. The number of nitrogens with one attached hydrogen (secondary N) is 1. The van der Waals surface area contributed by atoms with E-state index in [1.807, 2.05) is 30.3 Å². The van der Waals surface area contributed by atoms with Crippen LogP contribution in [-0.4, -0.2) is 40.6 Å². The average Bonchev–Trinajstić information content (AvgIpc) is 3.23. The first-order chi connectivity index (χ1) is 15.0. The van der Waals surface area contributed by atoms with Crippen molar-refractivity contribution < 1.29 is 9.53 Å². The number of benzene rings is 2. The van der Waals surface area contributed by atoms with Gasteiger partial charge in [-0.1, -0.05) is 35.1 Å². The average molecular weight is 457 g/mol. The van der Waals surface area contributed by atoms with Crippen molar-refractivity contribution in [2.75, 3.05) is 6.54 Å². The number of piperidine rings is 1. The number of primary amides is 1. The standard InChI is InChI=1S/C23H25ClN4O2S/c24-15-3-8-21-20(11-15)27-23(31-21)30-19-6-1-14(2-7-19)9-10-28-17-4-5-18(28)13-16(12-17)26-22(25)29/h1-3,6-8,11,16-18H,4-5,9-10,12-13H2,(H3,25,26,29)/t16-,17-,18+. The molecule has 1 aromatic heterocycles. The van der Waals surface area contributed by atoms with Crippen molar-refractivity contribution in [3.63, 3.8) is 0 Å². The Kier molecular flexibility index (Phi) is 5.73. The van der Waals surface area contributed by atoms with Gasteiger partial charge in [0.15, 0.2) is 0 Å². The molecule has 2 aliphatic rings. The zero-order valence-electron chi connectivity index (χ0n) is 17.1. The third-order valence-electron chi connectivity index (χ3n) is 6.35. The molecular formula is C23H25ClN4O2S. The van der Waals surface area contributed by atoms with Crippen LogP contribution in [0.4, 0.5) is 4.79 Å². The Balaban J connectivity index is 1.17. The molecule has 0 radical (unpaired) electrons. The summed E-state index contributed by atoms with van der Waals surface area (Å²) in [6.07, 6.45) is 5.42. The van der Waals surface area contributed by atoms with Crippen LogP contribution in [-0.2, 0) is 6.42 Å². The van der Waals surface area contributed by atoms with Gasteiger partial charge in [-0.3, -0.25) is 4.90 Å². The highest BCUT2D eigenvalue weighted by Gasteiger charge is 2.40. The SMILES string of the molecule is NC(=O)N[C@@H]1C[C@H]2CC[C@@H](C1)N2CCc1ccc(Oc2nc3cc(Cl)ccc3s2)cc1. The molecule has 2 bridgehead atoms. The lowest BCUT2D eigenvalue weighted by molar-refractivity contribution is 0.121. The molecule has 0 aliphatic carbocycles. The Morgan fingerprint density at radius 2 is 1.94 bits per heavy atom. The van der Waals surface area contributed by atoms with Gasteiger partial charge >= 0.3 is 6.03 Å². The van der Waals surface area contributed by atoms with Crippen LogP contribution in [0.2, 0.25) is 5.02 Å². The van der Waals surface area contributed by atoms with E-state index in [9.17, 15) is 4.79 Å².